The summed E-state index contributed by atoms with van der Waals surface area (Å²) in [6.07, 6.45) is 10.2. The molecular formula is C26H32ClN3O4. The van der Waals surface area contributed by atoms with Gasteiger partial charge in [0, 0.05) is 23.3 Å². The number of nitrogens with one attached hydrogen (secondary N) is 2. The van der Waals surface area contributed by atoms with E-state index in [1.165, 1.54) is 6.42 Å². The first-order valence-electron chi connectivity index (χ1n) is 12.5. The number of nitrogens with zero attached hydrogens (tertiary/aromatic N) is 1. The van der Waals surface area contributed by atoms with Gasteiger partial charge in [-0.05, 0) is 43.5 Å². The molecule has 1 aromatic rings. The molecule has 4 aliphatic rings. The van der Waals surface area contributed by atoms with Gasteiger partial charge in [-0.1, -0.05) is 56.4 Å². The van der Waals surface area contributed by atoms with Crippen LogP contribution in [0.2, 0.25) is 5.02 Å². The van der Waals surface area contributed by atoms with E-state index in [0.717, 1.165) is 38.5 Å². The summed E-state index contributed by atoms with van der Waals surface area (Å²) in [5.74, 6) is -2.01. The Morgan fingerprint density at radius 1 is 1.15 bits per heavy atom. The predicted molar refractivity (Wildman–Crippen MR) is 129 cm³/mol. The maximum atomic E-state index is 13.7. The minimum atomic E-state index is -1.10. The van der Waals surface area contributed by atoms with Crippen molar-refractivity contribution in [1.29, 1.82) is 0 Å². The van der Waals surface area contributed by atoms with Crippen molar-refractivity contribution in [3.8, 4) is 0 Å². The highest BCUT2D eigenvalue weighted by atomic mass is 35.5. The van der Waals surface area contributed by atoms with Crippen LogP contribution >= 0.6 is 11.6 Å². The molecule has 0 unspecified atom stereocenters. The van der Waals surface area contributed by atoms with Crippen LogP contribution in [0.3, 0.4) is 0 Å². The van der Waals surface area contributed by atoms with E-state index in [1.54, 1.807) is 29.2 Å². The molecule has 0 aromatic heterocycles. The third-order valence-electron chi connectivity index (χ3n) is 7.74. The molecule has 2 saturated heterocycles. The van der Waals surface area contributed by atoms with Gasteiger partial charge < -0.3 is 20.3 Å². The van der Waals surface area contributed by atoms with Crippen LogP contribution in [0.1, 0.15) is 51.9 Å². The second-order valence-electron chi connectivity index (χ2n) is 9.93. The lowest BCUT2D eigenvalue weighted by molar-refractivity contribution is -0.141. The van der Waals surface area contributed by atoms with Gasteiger partial charge in [0.1, 0.15) is 11.6 Å². The number of unbranched alkanes of at least 4 members (excludes halogenated alkanes) is 1. The number of benzene rings is 1. The molecule has 3 heterocycles. The Morgan fingerprint density at radius 2 is 1.88 bits per heavy atom. The number of amides is 3. The Hall–Kier alpha value is -2.38. The first-order chi connectivity index (χ1) is 16.4. The van der Waals surface area contributed by atoms with E-state index >= 15 is 0 Å². The van der Waals surface area contributed by atoms with Gasteiger partial charge in [-0.3, -0.25) is 14.4 Å². The minimum Gasteiger partial charge on any atom is -0.359 e. The zero-order chi connectivity index (χ0) is 23.9. The van der Waals surface area contributed by atoms with Crippen LogP contribution in [-0.2, 0) is 19.1 Å². The number of carbonyl (C=O) groups is 3. The zero-order valence-corrected chi connectivity index (χ0v) is 20.2. The number of carbonyl (C=O) groups excluding carboxylic acids is 3. The molecule has 7 nitrogen and oxygen atoms in total. The van der Waals surface area contributed by atoms with Crippen LogP contribution in [0.15, 0.2) is 36.4 Å². The van der Waals surface area contributed by atoms with Gasteiger partial charge in [0.25, 0.3) is 0 Å². The van der Waals surface area contributed by atoms with E-state index in [9.17, 15) is 14.4 Å². The van der Waals surface area contributed by atoms with E-state index in [1.807, 2.05) is 12.2 Å². The molecule has 1 aliphatic carbocycles. The molecule has 5 atom stereocenters. The maximum absolute atomic E-state index is 13.7. The topological polar surface area (TPSA) is 87.7 Å². The fraction of sp³-hybridized carbons (Fsp3) is 0.577. The molecule has 1 saturated carbocycles. The SMILES string of the molecule is CCCCN1C(=O)[C@H]2[C@@H](C(=O)Nc3ccc(Cl)cc3)[C@H]3C=C[C@@]2(O3)[C@H]1C(=O)NC1CCCCC1. The summed E-state index contributed by atoms with van der Waals surface area (Å²) in [6, 6.07) is 6.23. The molecule has 182 valence electrons. The quantitative estimate of drug-likeness (QED) is 0.577. The highest BCUT2D eigenvalue weighted by Crippen LogP contribution is 2.55. The minimum absolute atomic E-state index is 0.131. The standard InChI is InChI=1S/C26H32ClN3O4/c1-2-3-15-30-22(24(32)29-17-7-5-4-6-8-17)26-14-13-19(34-26)20(21(26)25(30)33)23(31)28-18-11-9-16(27)10-12-18/h9-14,17,19-22H,2-8,15H2,1H3,(H,28,31)(H,29,32)/t19-,20+,21-,22-,26+/m1/s1. The van der Waals surface area contributed by atoms with Crippen molar-refractivity contribution in [2.45, 2.75) is 75.7 Å². The van der Waals surface area contributed by atoms with Gasteiger partial charge in [-0.15, -0.1) is 0 Å². The summed E-state index contributed by atoms with van der Waals surface area (Å²) in [5.41, 5.74) is -0.494. The average molecular weight is 486 g/mol. The van der Waals surface area contributed by atoms with Gasteiger partial charge in [0.2, 0.25) is 17.7 Å². The molecule has 1 aromatic carbocycles. The molecule has 34 heavy (non-hydrogen) atoms. The average Bonchev–Trinajstić information content (AvgIpc) is 3.47. The fourth-order valence-corrected chi connectivity index (χ4v) is 6.25. The van der Waals surface area contributed by atoms with Gasteiger partial charge in [0.05, 0.1) is 17.9 Å². The van der Waals surface area contributed by atoms with Gasteiger partial charge in [0.15, 0.2) is 0 Å². The number of fused-ring (bicyclic) bond motifs is 1. The Labute approximate surface area is 205 Å². The second kappa shape index (κ2) is 9.34. The maximum Gasteiger partial charge on any atom is 0.246 e. The van der Waals surface area contributed by atoms with Gasteiger partial charge in [-0.2, -0.15) is 0 Å². The number of halogens is 1. The molecule has 2 bridgehead atoms. The Bertz CT molecular complexity index is 990. The molecule has 1 spiro atoms. The van der Waals surface area contributed by atoms with E-state index in [-0.39, 0.29) is 23.8 Å². The van der Waals surface area contributed by atoms with Gasteiger partial charge in [-0.25, -0.2) is 0 Å². The summed E-state index contributed by atoms with van der Waals surface area (Å²) in [5, 5.41) is 6.69. The smallest absolute Gasteiger partial charge is 0.246 e. The number of hydrogen-bond donors (Lipinski definition) is 2. The number of hydrogen-bond acceptors (Lipinski definition) is 4. The molecule has 2 N–H and O–H groups in total. The summed E-state index contributed by atoms with van der Waals surface area (Å²) in [4.78, 5) is 42.4. The zero-order valence-electron chi connectivity index (χ0n) is 19.5. The Kier molecular flexibility index (Phi) is 6.42. The third kappa shape index (κ3) is 3.93. The second-order valence-corrected chi connectivity index (χ2v) is 10.4. The van der Waals surface area contributed by atoms with Crippen LogP contribution in [0, 0.1) is 11.8 Å². The number of anilines is 1. The van der Waals surface area contributed by atoms with E-state index < -0.39 is 29.6 Å². The summed E-state index contributed by atoms with van der Waals surface area (Å²) in [6.45, 7) is 2.53. The Morgan fingerprint density at radius 3 is 2.59 bits per heavy atom. The lowest BCUT2D eigenvalue weighted by Gasteiger charge is -2.34. The highest BCUT2D eigenvalue weighted by Gasteiger charge is 2.72. The van der Waals surface area contributed by atoms with E-state index in [2.05, 4.69) is 17.6 Å². The lowest BCUT2D eigenvalue weighted by Crippen LogP contribution is -2.56. The van der Waals surface area contributed by atoms with Crippen LogP contribution < -0.4 is 10.6 Å². The van der Waals surface area contributed by atoms with E-state index in [4.69, 9.17) is 16.3 Å². The summed E-state index contributed by atoms with van der Waals surface area (Å²) >= 11 is 5.96. The summed E-state index contributed by atoms with van der Waals surface area (Å²) < 4.78 is 6.36. The number of rotatable bonds is 7. The normalized spacial score (nSPS) is 32.2. The molecule has 5 rings (SSSR count). The molecular weight excluding hydrogens is 454 g/mol. The van der Waals surface area contributed by atoms with Crippen LogP contribution in [-0.4, -0.2) is 53.0 Å². The van der Waals surface area contributed by atoms with Crippen LogP contribution in [0.25, 0.3) is 0 Å². The first kappa shape index (κ1) is 23.4. The van der Waals surface area contributed by atoms with Crippen molar-refractivity contribution in [2.75, 3.05) is 11.9 Å². The summed E-state index contributed by atoms with van der Waals surface area (Å²) in [7, 11) is 0. The Balaban J connectivity index is 1.42. The third-order valence-corrected chi connectivity index (χ3v) is 7.99. The lowest BCUT2D eigenvalue weighted by atomic mass is 9.74. The molecule has 3 fully saturated rings. The van der Waals surface area contributed by atoms with Crippen molar-refractivity contribution < 1.29 is 19.1 Å². The number of ether oxygens (including phenoxy) is 1. The first-order valence-corrected chi connectivity index (χ1v) is 12.9. The van der Waals surface area contributed by atoms with Crippen molar-refractivity contribution in [2.24, 2.45) is 11.8 Å². The molecule has 3 aliphatic heterocycles. The van der Waals surface area contributed by atoms with Gasteiger partial charge >= 0.3 is 0 Å². The van der Waals surface area contributed by atoms with E-state index in [0.29, 0.717) is 17.3 Å². The molecule has 3 amide bonds. The van der Waals surface area contributed by atoms with Crippen LogP contribution in [0.4, 0.5) is 5.69 Å². The molecule has 8 heteroatoms. The predicted octanol–water partition coefficient (Wildman–Crippen LogP) is 3.68. The monoisotopic (exact) mass is 485 g/mol. The number of likely N-dealkylation sites (tertiary alicyclic amines) is 1. The van der Waals surface area contributed by atoms with Crippen molar-refractivity contribution in [1.82, 2.24) is 10.2 Å². The fourth-order valence-electron chi connectivity index (χ4n) is 6.12. The van der Waals surface area contributed by atoms with Crippen molar-refractivity contribution >= 4 is 35.0 Å². The van der Waals surface area contributed by atoms with Crippen molar-refractivity contribution in [3.05, 3.63) is 41.4 Å². The van der Waals surface area contributed by atoms with Crippen molar-refractivity contribution in [3.63, 3.8) is 0 Å². The van der Waals surface area contributed by atoms with Crippen LogP contribution in [0.5, 0.6) is 0 Å². The molecule has 0 radical (unpaired) electrons. The largest absolute Gasteiger partial charge is 0.359 e. The highest BCUT2D eigenvalue weighted by molar-refractivity contribution is 6.30.